The molecule has 1 amide bonds. The maximum atomic E-state index is 12.1. The largest absolute Gasteiger partial charge is 0.394 e. The lowest BCUT2D eigenvalue weighted by molar-refractivity contribution is -0.129. The van der Waals surface area contributed by atoms with Crippen LogP contribution in [0.25, 0.3) is 22.0 Å². The Morgan fingerprint density at radius 3 is 2.67 bits per heavy atom. The number of aliphatic hydroxyl groups excluding tert-OH is 1. The van der Waals surface area contributed by atoms with E-state index >= 15 is 0 Å². The molecule has 1 aliphatic heterocycles. The molecule has 154 valence electrons. The molecule has 30 heavy (non-hydrogen) atoms. The quantitative estimate of drug-likeness (QED) is 0.622. The molecule has 3 aromatic rings. The molecule has 1 atom stereocenters. The highest BCUT2D eigenvalue weighted by Crippen LogP contribution is 2.35. The lowest BCUT2D eigenvalue weighted by Crippen LogP contribution is -2.56. The smallest absolute Gasteiger partial charge is 0.246 e. The van der Waals surface area contributed by atoms with Gasteiger partial charge in [0.1, 0.15) is 12.1 Å². The SMILES string of the molecule is C=CC(=O)N1CCN(c2ncnc3cc(Cl)c(-c4ccc(Cl)cc4)cc23)CC1CO. The van der Waals surface area contributed by atoms with Gasteiger partial charge in [-0.3, -0.25) is 4.79 Å². The number of hydrogen-bond acceptors (Lipinski definition) is 5. The van der Waals surface area contributed by atoms with E-state index in [1.807, 2.05) is 36.4 Å². The molecule has 1 N–H and O–H groups in total. The van der Waals surface area contributed by atoms with E-state index in [0.29, 0.717) is 29.7 Å². The predicted molar refractivity (Wildman–Crippen MR) is 120 cm³/mol. The van der Waals surface area contributed by atoms with Crippen LogP contribution in [0.2, 0.25) is 10.0 Å². The molecule has 0 bridgehead atoms. The summed E-state index contributed by atoms with van der Waals surface area (Å²) in [4.78, 5) is 24.7. The van der Waals surface area contributed by atoms with Crippen molar-refractivity contribution in [2.24, 2.45) is 0 Å². The number of carbonyl (C=O) groups is 1. The minimum absolute atomic E-state index is 0.138. The number of aromatic nitrogens is 2. The minimum Gasteiger partial charge on any atom is -0.394 e. The third kappa shape index (κ3) is 3.86. The number of fused-ring (bicyclic) bond motifs is 1. The number of anilines is 1. The van der Waals surface area contributed by atoms with Crippen molar-refractivity contribution in [1.29, 1.82) is 0 Å². The average molecular weight is 443 g/mol. The normalized spacial score (nSPS) is 16.7. The second-order valence-corrected chi connectivity index (χ2v) is 7.92. The fraction of sp³-hybridized carbons (Fsp3) is 0.227. The zero-order valence-electron chi connectivity index (χ0n) is 16.1. The Hall–Kier alpha value is -2.67. The lowest BCUT2D eigenvalue weighted by atomic mass is 10.0. The second-order valence-electron chi connectivity index (χ2n) is 7.07. The predicted octanol–water partition coefficient (Wildman–Crippen LogP) is 3.80. The summed E-state index contributed by atoms with van der Waals surface area (Å²) in [6, 6.07) is 10.9. The molecule has 2 heterocycles. The maximum absolute atomic E-state index is 12.1. The number of carbonyl (C=O) groups excluding carboxylic acids is 1. The number of nitrogens with zero attached hydrogens (tertiary/aromatic N) is 4. The van der Waals surface area contributed by atoms with Gasteiger partial charge in [0.2, 0.25) is 5.91 Å². The van der Waals surface area contributed by atoms with Crippen molar-refractivity contribution in [2.75, 3.05) is 31.1 Å². The first-order valence-corrected chi connectivity index (χ1v) is 10.3. The zero-order valence-corrected chi connectivity index (χ0v) is 17.6. The van der Waals surface area contributed by atoms with E-state index in [0.717, 1.165) is 27.8 Å². The number of halogens is 2. The highest BCUT2D eigenvalue weighted by Gasteiger charge is 2.30. The fourth-order valence-electron chi connectivity index (χ4n) is 3.78. The van der Waals surface area contributed by atoms with Gasteiger partial charge < -0.3 is 14.9 Å². The van der Waals surface area contributed by atoms with Crippen LogP contribution in [0.1, 0.15) is 0 Å². The molecule has 0 radical (unpaired) electrons. The summed E-state index contributed by atoms with van der Waals surface area (Å²) in [5, 5.41) is 11.9. The van der Waals surface area contributed by atoms with E-state index in [9.17, 15) is 9.90 Å². The molecule has 1 aromatic heterocycles. The first kappa shape index (κ1) is 20.6. The molecular weight excluding hydrogens is 423 g/mol. The van der Waals surface area contributed by atoms with Crippen LogP contribution in [-0.4, -0.2) is 58.2 Å². The second kappa shape index (κ2) is 8.60. The first-order chi connectivity index (χ1) is 14.5. The molecule has 0 aliphatic carbocycles. The summed E-state index contributed by atoms with van der Waals surface area (Å²) in [5.74, 6) is 0.564. The summed E-state index contributed by atoms with van der Waals surface area (Å²) < 4.78 is 0. The summed E-state index contributed by atoms with van der Waals surface area (Å²) in [7, 11) is 0. The van der Waals surface area contributed by atoms with Crippen LogP contribution in [0.15, 0.2) is 55.4 Å². The Kier molecular flexibility index (Phi) is 5.90. The van der Waals surface area contributed by atoms with Crippen LogP contribution in [0, 0.1) is 0 Å². The summed E-state index contributed by atoms with van der Waals surface area (Å²) in [5.41, 5.74) is 2.53. The molecule has 2 aromatic carbocycles. The molecule has 1 saturated heterocycles. The van der Waals surface area contributed by atoms with E-state index < -0.39 is 0 Å². The standard InChI is InChI=1S/C22H20Cl2N4O2/c1-2-21(30)28-8-7-27(11-16(28)12-29)22-18-9-17(14-3-5-15(23)6-4-14)19(24)10-20(18)25-13-26-22/h2-6,9-10,13,16,29H,1,7-8,11-12H2. The van der Waals surface area contributed by atoms with Gasteiger partial charge in [0.15, 0.2) is 0 Å². The van der Waals surface area contributed by atoms with Crippen molar-refractivity contribution in [1.82, 2.24) is 14.9 Å². The molecule has 6 nitrogen and oxygen atoms in total. The van der Waals surface area contributed by atoms with Crippen molar-refractivity contribution in [3.8, 4) is 11.1 Å². The van der Waals surface area contributed by atoms with Crippen LogP contribution >= 0.6 is 23.2 Å². The average Bonchev–Trinajstić information content (AvgIpc) is 2.78. The maximum Gasteiger partial charge on any atom is 0.246 e. The third-order valence-electron chi connectivity index (χ3n) is 5.31. The van der Waals surface area contributed by atoms with Crippen molar-refractivity contribution >= 4 is 45.8 Å². The summed E-state index contributed by atoms with van der Waals surface area (Å²) in [6.07, 6.45) is 2.78. The van der Waals surface area contributed by atoms with Gasteiger partial charge in [0.05, 0.1) is 23.2 Å². The minimum atomic E-state index is -0.336. The van der Waals surface area contributed by atoms with Crippen LogP contribution in [0.3, 0.4) is 0 Å². The van der Waals surface area contributed by atoms with Gasteiger partial charge in [-0.25, -0.2) is 9.97 Å². The Bertz CT molecular complexity index is 1100. The van der Waals surface area contributed by atoms with E-state index in [1.54, 1.807) is 4.90 Å². The Morgan fingerprint density at radius 2 is 1.97 bits per heavy atom. The van der Waals surface area contributed by atoms with Crippen LogP contribution in [0.5, 0.6) is 0 Å². The first-order valence-electron chi connectivity index (χ1n) is 9.51. The molecular formula is C22H20Cl2N4O2. The molecule has 1 aliphatic rings. The van der Waals surface area contributed by atoms with Gasteiger partial charge in [-0.05, 0) is 35.9 Å². The molecule has 8 heteroatoms. The van der Waals surface area contributed by atoms with Gasteiger partial charge in [0, 0.05) is 35.6 Å². The van der Waals surface area contributed by atoms with Gasteiger partial charge in [-0.2, -0.15) is 0 Å². The van der Waals surface area contributed by atoms with E-state index in [4.69, 9.17) is 23.2 Å². The molecule has 0 spiro atoms. The lowest BCUT2D eigenvalue weighted by Gasteiger charge is -2.41. The molecule has 1 unspecified atom stereocenters. The summed E-state index contributed by atoms with van der Waals surface area (Å²) in [6.45, 7) is 4.92. The Morgan fingerprint density at radius 1 is 1.20 bits per heavy atom. The van der Waals surface area contributed by atoms with E-state index in [-0.39, 0.29) is 18.6 Å². The van der Waals surface area contributed by atoms with Gasteiger partial charge in [-0.1, -0.05) is 41.9 Å². The highest BCUT2D eigenvalue weighted by molar-refractivity contribution is 6.34. The number of piperazine rings is 1. The van der Waals surface area contributed by atoms with Crippen molar-refractivity contribution in [3.63, 3.8) is 0 Å². The van der Waals surface area contributed by atoms with Crippen molar-refractivity contribution in [3.05, 3.63) is 65.4 Å². The molecule has 1 fully saturated rings. The van der Waals surface area contributed by atoms with Crippen LogP contribution < -0.4 is 4.90 Å². The number of rotatable bonds is 4. The molecule has 4 rings (SSSR count). The third-order valence-corrected chi connectivity index (χ3v) is 5.87. The fourth-order valence-corrected chi connectivity index (χ4v) is 4.17. The highest BCUT2D eigenvalue weighted by atomic mass is 35.5. The number of benzene rings is 2. The number of amides is 1. The summed E-state index contributed by atoms with van der Waals surface area (Å²) >= 11 is 12.6. The van der Waals surface area contributed by atoms with Crippen molar-refractivity contribution in [2.45, 2.75) is 6.04 Å². The van der Waals surface area contributed by atoms with Gasteiger partial charge >= 0.3 is 0 Å². The zero-order chi connectivity index (χ0) is 21.3. The number of hydrogen-bond donors (Lipinski definition) is 1. The van der Waals surface area contributed by atoms with Gasteiger partial charge in [-0.15, -0.1) is 0 Å². The van der Waals surface area contributed by atoms with E-state index in [2.05, 4.69) is 21.4 Å². The topological polar surface area (TPSA) is 69.6 Å². The van der Waals surface area contributed by atoms with Gasteiger partial charge in [0.25, 0.3) is 0 Å². The van der Waals surface area contributed by atoms with E-state index in [1.165, 1.54) is 12.4 Å². The monoisotopic (exact) mass is 442 g/mol. The Balaban J connectivity index is 1.74. The van der Waals surface area contributed by atoms with Crippen LogP contribution in [-0.2, 0) is 4.79 Å². The van der Waals surface area contributed by atoms with Crippen molar-refractivity contribution < 1.29 is 9.90 Å². The van der Waals surface area contributed by atoms with Crippen LogP contribution in [0.4, 0.5) is 5.82 Å². The number of aliphatic hydroxyl groups is 1. The molecule has 0 saturated carbocycles. The Labute approximate surface area is 184 Å².